The number of rotatable bonds is 47. The molecule has 0 aromatic heterocycles. The Labute approximate surface area is 690 Å². The molecule has 6 nitrogen and oxygen atoms in total. The Morgan fingerprint density at radius 1 is 0.272 bits per heavy atom. The zero-order valence-corrected chi connectivity index (χ0v) is 71.4. The highest BCUT2D eigenvalue weighted by molar-refractivity contribution is 6.11. The van der Waals surface area contributed by atoms with Gasteiger partial charge in [0, 0.05) is 24.0 Å². The van der Waals surface area contributed by atoms with Gasteiger partial charge < -0.3 is 18.9 Å². The summed E-state index contributed by atoms with van der Waals surface area (Å²) in [6, 6.07) is 58.5. The van der Waals surface area contributed by atoms with E-state index in [4.69, 9.17) is 18.9 Å². The molecule has 4 aliphatic rings. The van der Waals surface area contributed by atoms with Crippen molar-refractivity contribution in [3.05, 3.63) is 180 Å². The number of benzene rings is 8. The minimum Gasteiger partial charge on any atom is -0.494 e. The van der Waals surface area contributed by atoms with Gasteiger partial charge in [0.05, 0.1) is 13.2 Å². The first-order valence-electron chi connectivity index (χ1n) is 47.4. The molecule has 6 heteroatoms. The van der Waals surface area contributed by atoms with Gasteiger partial charge in [-0.1, -0.05) is 304 Å². The van der Waals surface area contributed by atoms with Crippen molar-refractivity contribution >= 4 is 33.5 Å². The van der Waals surface area contributed by atoms with Crippen LogP contribution in [0, 0.1) is 23.7 Å². The first-order valence-corrected chi connectivity index (χ1v) is 47.4. The van der Waals surface area contributed by atoms with Gasteiger partial charge in [-0.25, -0.2) is 0 Å². The van der Waals surface area contributed by atoms with E-state index in [1.807, 2.05) is 12.1 Å². The fraction of sp³-hybridized carbons (Fsp3) is 0.574. The number of hydrogen-bond donors (Lipinski definition) is 0. The van der Waals surface area contributed by atoms with E-state index in [1.165, 1.54) is 277 Å². The highest BCUT2D eigenvalue weighted by Crippen LogP contribution is 2.49. The smallest absolute Gasteiger partial charge is 0.311 e. The molecule has 8 aromatic carbocycles. The first kappa shape index (κ1) is 86.2. The minimum absolute atomic E-state index is 0.236. The Balaban J connectivity index is 0.667. The lowest BCUT2D eigenvalue weighted by molar-refractivity contribution is -0.135. The summed E-state index contributed by atoms with van der Waals surface area (Å²) in [5.74, 6) is 8.83. The number of fused-ring (bicyclic) bond motifs is 2. The van der Waals surface area contributed by atoms with Crippen LogP contribution >= 0.6 is 0 Å². The molecule has 0 atom stereocenters. The molecule has 0 aliphatic heterocycles. The predicted octanol–water partition coefficient (Wildman–Crippen LogP) is 32.6. The monoisotopic (exact) mass is 1540 g/mol. The van der Waals surface area contributed by atoms with Gasteiger partial charge in [-0.15, -0.1) is 0 Å². The number of carbonyl (C=O) groups is 2. The molecule has 4 aliphatic carbocycles. The molecule has 4 fully saturated rings. The van der Waals surface area contributed by atoms with Crippen LogP contribution in [0.15, 0.2) is 158 Å². The summed E-state index contributed by atoms with van der Waals surface area (Å²) in [5, 5.41) is 3.96. The van der Waals surface area contributed by atoms with Crippen molar-refractivity contribution in [2.24, 2.45) is 23.7 Å². The molecule has 8 aromatic rings. The maximum Gasteiger partial charge on any atom is 0.311 e. The van der Waals surface area contributed by atoms with E-state index in [0.717, 1.165) is 144 Å². The van der Waals surface area contributed by atoms with Crippen molar-refractivity contribution in [3.8, 4) is 56.4 Å². The first-order chi connectivity index (χ1) is 56.2. The fourth-order valence-electron chi connectivity index (χ4n) is 20.5. The molecule has 0 spiro atoms. The standard InChI is InChI=1S/C108H146O6/c1-5-9-25-33-83-41-49-87(50-42-83)91-61-69-99(70-62-91)111-77-29-23-19-15-11-13-17-21-27-35-105(109)113-103-75-67-97-79-95(93-57-53-89(54-58-93)85-45-37-81(31-7-3)38-46-85)65-73-101(97)107(103)108-102-74-66-96(94-59-55-90(56-60-94)86-47-39-82(32-8-4)40-48-86)80-98(102)68-76-104(108)114-106(110)36-28-22-18-14-12-16-20-24-30-78-112-100-71-63-92(64-72-100)88-51-43-84(44-52-88)34-26-10-6-2/h53-76,79-88H,5-52,77-78H2,1-4H3. The zero-order chi connectivity index (χ0) is 78.7. The van der Waals surface area contributed by atoms with Crippen LogP contribution in [0.5, 0.6) is 23.0 Å². The molecular formula is C108H146O6. The molecule has 0 radical (unpaired) electrons. The number of carbonyl (C=O) groups excluding carboxylic acids is 2. The lowest BCUT2D eigenvalue weighted by atomic mass is 9.77. The summed E-state index contributed by atoms with van der Waals surface area (Å²) in [4.78, 5) is 28.8. The zero-order valence-electron chi connectivity index (χ0n) is 71.4. The molecule has 0 unspecified atom stereocenters. The normalized spacial score (nSPS) is 19.9. The second-order valence-electron chi connectivity index (χ2n) is 36.1. The molecule has 0 N–H and O–H groups in total. The molecule has 0 saturated heterocycles. The maximum atomic E-state index is 14.4. The van der Waals surface area contributed by atoms with Gasteiger partial charge in [0.2, 0.25) is 0 Å². The summed E-state index contributed by atoms with van der Waals surface area (Å²) in [5.41, 5.74) is 12.1. The minimum atomic E-state index is -0.236. The van der Waals surface area contributed by atoms with E-state index in [9.17, 15) is 9.59 Å². The van der Waals surface area contributed by atoms with Crippen molar-refractivity contribution in [1.29, 1.82) is 0 Å². The van der Waals surface area contributed by atoms with Gasteiger partial charge in [0.25, 0.3) is 0 Å². The van der Waals surface area contributed by atoms with Crippen LogP contribution in [0.4, 0.5) is 0 Å². The van der Waals surface area contributed by atoms with E-state index >= 15 is 0 Å². The molecule has 0 heterocycles. The second kappa shape index (κ2) is 47.3. The Hall–Kier alpha value is -7.18. The average molecular weight is 1540 g/mol. The lowest BCUT2D eigenvalue weighted by Gasteiger charge is -2.29. The van der Waals surface area contributed by atoms with Gasteiger partial charge >= 0.3 is 11.9 Å². The highest BCUT2D eigenvalue weighted by atomic mass is 16.5. The van der Waals surface area contributed by atoms with E-state index in [0.29, 0.717) is 48.0 Å². The molecule has 0 amide bonds. The van der Waals surface area contributed by atoms with E-state index in [2.05, 4.69) is 173 Å². The number of hydrogen-bond acceptors (Lipinski definition) is 6. The maximum absolute atomic E-state index is 14.4. The van der Waals surface area contributed by atoms with Crippen molar-refractivity contribution in [3.63, 3.8) is 0 Å². The molecule has 12 rings (SSSR count). The van der Waals surface area contributed by atoms with Crippen LogP contribution in [0.25, 0.3) is 54.9 Å². The van der Waals surface area contributed by atoms with Crippen LogP contribution in [0.2, 0.25) is 0 Å². The Morgan fingerprint density at radius 2 is 0.561 bits per heavy atom. The van der Waals surface area contributed by atoms with Gasteiger partial charge in [-0.3, -0.25) is 9.59 Å². The number of unbranched alkanes of at least 4 members (excludes halogenated alkanes) is 20. The van der Waals surface area contributed by atoms with E-state index in [-0.39, 0.29) is 11.9 Å². The average Bonchev–Trinajstić information content (AvgIpc) is 0.743. The van der Waals surface area contributed by atoms with Gasteiger partial charge in [-0.2, -0.15) is 0 Å². The van der Waals surface area contributed by atoms with E-state index in [1.54, 1.807) is 0 Å². The van der Waals surface area contributed by atoms with Gasteiger partial charge in [-0.05, 0) is 290 Å². The third kappa shape index (κ3) is 26.4. The summed E-state index contributed by atoms with van der Waals surface area (Å²) >= 11 is 0. The summed E-state index contributed by atoms with van der Waals surface area (Å²) in [6.07, 6.45) is 58.3. The van der Waals surface area contributed by atoms with Crippen LogP contribution in [-0.2, 0) is 9.59 Å². The Morgan fingerprint density at radius 3 is 0.877 bits per heavy atom. The molecule has 4 saturated carbocycles. The van der Waals surface area contributed by atoms with E-state index < -0.39 is 0 Å². The summed E-state index contributed by atoms with van der Waals surface area (Å²) in [7, 11) is 0. The van der Waals surface area contributed by atoms with Gasteiger partial charge in [0.1, 0.15) is 23.0 Å². The summed E-state index contributed by atoms with van der Waals surface area (Å²) < 4.78 is 25.7. The highest BCUT2D eigenvalue weighted by Gasteiger charge is 2.28. The van der Waals surface area contributed by atoms with Crippen LogP contribution in [0.1, 0.15) is 382 Å². The molecule has 0 bridgehead atoms. The van der Waals surface area contributed by atoms with Crippen LogP contribution in [0.3, 0.4) is 0 Å². The Kier molecular flexibility index (Phi) is 35.7. The van der Waals surface area contributed by atoms with Gasteiger partial charge in [0.15, 0.2) is 0 Å². The SMILES string of the molecule is CCCCCC1CCC(c2ccc(OCCCCCCCCCCCC(=O)Oc3ccc4cc(-c5ccc(C6CCC(CCC)CC6)cc5)ccc4c3-c3c(OC(=O)CCCCCCCCCCCOc4ccc(C5CCC(CCCCC)CC5)cc4)ccc4cc(-c5ccc(C6CCC(CCC)CC6)cc5)ccc34)cc2)CC1. The Bertz CT molecular complexity index is 3810. The third-order valence-corrected chi connectivity index (χ3v) is 27.6. The largest absolute Gasteiger partial charge is 0.494 e. The fourth-order valence-corrected chi connectivity index (χ4v) is 20.5. The van der Waals surface area contributed by atoms with Crippen molar-refractivity contribution in [2.75, 3.05) is 13.2 Å². The topological polar surface area (TPSA) is 71.1 Å². The van der Waals surface area contributed by atoms with Crippen molar-refractivity contribution < 1.29 is 28.5 Å². The second-order valence-corrected chi connectivity index (χ2v) is 36.1. The summed E-state index contributed by atoms with van der Waals surface area (Å²) in [6.45, 7) is 10.8. The van der Waals surface area contributed by atoms with Crippen molar-refractivity contribution in [2.45, 2.75) is 360 Å². The lowest BCUT2D eigenvalue weighted by Crippen LogP contribution is -2.13. The quantitative estimate of drug-likeness (QED) is 0.0215. The van der Waals surface area contributed by atoms with Crippen LogP contribution in [-0.4, -0.2) is 25.2 Å². The molecule has 114 heavy (non-hydrogen) atoms. The molecular weight excluding hydrogens is 1390 g/mol. The molecule has 614 valence electrons. The predicted molar refractivity (Wildman–Crippen MR) is 482 cm³/mol. The van der Waals surface area contributed by atoms with Crippen LogP contribution < -0.4 is 18.9 Å². The van der Waals surface area contributed by atoms with Crippen molar-refractivity contribution in [1.82, 2.24) is 0 Å². The third-order valence-electron chi connectivity index (χ3n) is 27.6. The number of ether oxygens (including phenoxy) is 4. The number of esters is 2.